The predicted octanol–water partition coefficient (Wildman–Crippen LogP) is 11.4. The normalized spacial score (nSPS) is 11.5. The summed E-state index contributed by atoms with van der Waals surface area (Å²) in [5.74, 6) is 0. The fraction of sp³-hybridized carbons (Fsp3) is 0.297. The Labute approximate surface area is 310 Å². The summed E-state index contributed by atoms with van der Waals surface area (Å²) >= 11 is 4.12. The maximum atomic E-state index is 8.66. The van der Waals surface area contributed by atoms with Crippen molar-refractivity contribution in [2.45, 2.75) is 39.5 Å². The molecule has 0 bridgehead atoms. The molecule has 1 N–H and O–H groups in total. The highest BCUT2D eigenvalue weighted by atomic mass is 32.2. The van der Waals surface area contributed by atoms with Crippen LogP contribution in [0, 0.1) is 6.92 Å². The number of hydrogen-bond donors (Lipinski definition) is 1. The van der Waals surface area contributed by atoms with E-state index in [0.717, 1.165) is 74.9 Å². The number of aromatic nitrogens is 2. The summed E-state index contributed by atoms with van der Waals surface area (Å²) in [4.78, 5) is 19.2. The average Bonchev–Trinajstić information content (AvgIpc) is 3.77. The van der Waals surface area contributed by atoms with Crippen molar-refractivity contribution in [1.82, 2.24) is 9.97 Å². The molecule has 0 radical (unpaired) electrons. The van der Waals surface area contributed by atoms with E-state index in [0.29, 0.717) is 10.3 Å². The van der Waals surface area contributed by atoms with E-state index >= 15 is 0 Å². The Hall–Kier alpha value is -4.31. The number of hydrogen-bond acceptors (Lipinski definition) is 14. The number of thiazole rings is 2. The van der Waals surface area contributed by atoms with Gasteiger partial charge in [0, 0.05) is 42.4 Å². The molecule has 0 saturated carbocycles. The summed E-state index contributed by atoms with van der Waals surface area (Å²) in [6.07, 6.45) is 0. The molecule has 2 heterocycles. The van der Waals surface area contributed by atoms with Gasteiger partial charge < -0.3 is 14.9 Å². The Morgan fingerprint density at radius 1 is 0.647 bits per heavy atom. The summed E-state index contributed by atoms with van der Waals surface area (Å²) in [6, 6.07) is 28.2. The largest absolute Gasteiger partial charge is 0.394 e. The van der Waals surface area contributed by atoms with E-state index in [2.05, 4.69) is 111 Å². The number of aliphatic hydroxyl groups excluding tert-OH is 1. The second-order valence-electron chi connectivity index (χ2n) is 11.1. The molecular formula is C37H42N8O3S3. The van der Waals surface area contributed by atoms with Gasteiger partial charge in [-0.1, -0.05) is 28.7 Å². The smallest absolute Gasteiger partial charge is 0.231 e. The number of rotatable bonds is 15. The zero-order chi connectivity index (χ0) is 36.0. The van der Waals surface area contributed by atoms with E-state index < -0.39 is 0 Å². The highest BCUT2D eigenvalue weighted by Gasteiger charge is 2.07. The minimum atomic E-state index is -0.0823. The van der Waals surface area contributed by atoms with Crippen LogP contribution in [0.25, 0.3) is 20.4 Å². The van der Waals surface area contributed by atoms with Gasteiger partial charge in [-0.3, -0.25) is 0 Å². The number of anilines is 2. The van der Waals surface area contributed by atoms with Crippen LogP contribution in [-0.2, 0) is 9.22 Å². The summed E-state index contributed by atoms with van der Waals surface area (Å²) in [6.45, 7) is 14.7. The minimum Gasteiger partial charge on any atom is -0.394 e. The van der Waals surface area contributed by atoms with Crippen molar-refractivity contribution < 1.29 is 14.3 Å². The summed E-state index contributed by atoms with van der Waals surface area (Å²) in [7, 11) is 0. The van der Waals surface area contributed by atoms with Gasteiger partial charge in [0.25, 0.3) is 0 Å². The molecule has 266 valence electrons. The van der Waals surface area contributed by atoms with E-state index in [1.165, 1.54) is 28.3 Å². The monoisotopic (exact) mass is 742 g/mol. The third-order valence-electron chi connectivity index (χ3n) is 7.69. The van der Waals surface area contributed by atoms with Gasteiger partial charge in [0.2, 0.25) is 10.3 Å². The third kappa shape index (κ3) is 10.8. The molecular weight excluding hydrogens is 701 g/mol. The molecule has 0 spiro atoms. The van der Waals surface area contributed by atoms with Crippen LogP contribution in [0.1, 0.15) is 33.3 Å². The van der Waals surface area contributed by atoms with Gasteiger partial charge in [0.05, 0.1) is 50.5 Å². The zero-order valence-electron chi connectivity index (χ0n) is 29.4. The molecule has 6 aromatic rings. The molecule has 6 rings (SSSR count). The topological polar surface area (TPSA) is 120 Å². The average molecular weight is 743 g/mol. The molecule has 0 unspecified atom stereocenters. The van der Waals surface area contributed by atoms with Crippen LogP contribution in [0.2, 0.25) is 0 Å². The van der Waals surface area contributed by atoms with Gasteiger partial charge in [-0.05, 0) is 119 Å². The first kappa shape index (κ1) is 37.9. The van der Waals surface area contributed by atoms with Gasteiger partial charge in [-0.2, -0.15) is 4.33 Å². The lowest BCUT2D eigenvalue weighted by Gasteiger charge is -2.20. The standard InChI is InChI=1S/C19H22N4O3S2.C18H20N4S/c1-3-23(4-2)15-7-5-14(6-8-15)21-22-19-20-17-10-9-16(13-18(17)27-19)28-26-25-12-11-24;1-4-22(5-2)15-9-7-14(8-10-15)20-21-18-19-16-11-6-13(3)12-17(16)23-18/h5-10,13,24H,3-4,11-12H2,1-2H3;6-12H,4-5H2,1-3H3. The summed E-state index contributed by atoms with van der Waals surface area (Å²) < 4.78 is 7.10. The third-order valence-corrected chi connectivity index (χ3v) is 10.1. The fourth-order valence-corrected chi connectivity index (χ4v) is 7.29. The lowest BCUT2D eigenvalue weighted by atomic mass is 10.2. The lowest BCUT2D eigenvalue weighted by molar-refractivity contribution is -0.196. The van der Waals surface area contributed by atoms with Crippen LogP contribution in [0.4, 0.5) is 33.0 Å². The Morgan fingerprint density at radius 3 is 1.63 bits per heavy atom. The quantitative estimate of drug-likeness (QED) is 0.0363. The van der Waals surface area contributed by atoms with Gasteiger partial charge in [0.1, 0.15) is 6.61 Å². The van der Waals surface area contributed by atoms with Crippen LogP contribution >= 0.6 is 34.7 Å². The SMILES string of the molecule is CCN(CC)c1ccc(N=Nc2nc3ccc(C)cc3s2)cc1.CCN(CC)c1ccc(N=Nc2nc3ccc(SOOCCO)cc3s2)cc1. The number of fused-ring (bicyclic) bond motifs is 2. The van der Waals surface area contributed by atoms with Gasteiger partial charge in [-0.25, -0.2) is 14.9 Å². The number of aliphatic hydroxyl groups is 1. The minimum absolute atomic E-state index is 0.0823. The van der Waals surface area contributed by atoms with Crippen molar-refractivity contribution >= 4 is 88.2 Å². The van der Waals surface area contributed by atoms with Gasteiger partial charge >= 0.3 is 0 Å². The molecule has 14 heteroatoms. The molecule has 0 fully saturated rings. The maximum absolute atomic E-state index is 8.66. The van der Waals surface area contributed by atoms with E-state index in [1.54, 1.807) is 11.3 Å². The molecule has 11 nitrogen and oxygen atoms in total. The molecule has 0 aliphatic heterocycles. The van der Waals surface area contributed by atoms with Crippen LogP contribution in [0.3, 0.4) is 0 Å². The molecule has 0 aliphatic carbocycles. The van der Waals surface area contributed by atoms with Gasteiger partial charge in [0.15, 0.2) is 0 Å². The number of benzene rings is 4. The van der Waals surface area contributed by atoms with Crippen molar-refractivity contribution in [2.24, 2.45) is 20.5 Å². The second kappa shape index (κ2) is 19.3. The zero-order valence-corrected chi connectivity index (χ0v) is 31.8. The highest BCUT2D eigenvalue weighted by molar-refractivity contribution is 7.94. The summed E-state index contributed by atoms with van der Waals surface area (Å²) in [5.41, 5.74) is 7.10. The molecule has 0 atom stereocenters. The van der Waals surface area contributed by atoms with Crippen LogP contribution in [-0.4, -0.2) is 54.5 Å². The molecule has 2 aromatic heterocycles. The van der Waals surface area contributed by atoms with Gasteiger partial charge in [-0.15, -0.1) is 20.5 Å². The maximum Gasteiger partial charge on any atom is 0.231 e. The van der Waals surface area contributed by atoms with Crippen LogP contribution < -0.4 is 9.80 Å². The van der Waals surface area contributed by atoms with E-state index in [1.807, 2.05) is 48.5 Å². The molecule has 0 aliphatic rings. The van der Waals surface area contributed by atoms with Crippen molar-refractivity contribution in [3.05, 3.63) is 90.5 Å². The number of nitrogens with zero attached hydrogens (tertiary/aromatic N) is 8. The Bertz CT molecular complexity index is 2020. The Morgan fingerprint density at radius 2 is 1.14 bits per heavy atom. The predicted molar refractivity (Wildman–Crippen MR) is 212 cm³/mol. The first-order valence-corrected chi connectivity index (χ1v) is 19.2. The molecule has 51 heavy (non-hydrogen) atoms. The highest BCUT2D eigenvalue weighted by Crippen LogP contribution is 2.33. The van der Waals surface area contributed by atoms with Crippen LogP contribution in [0.5, 0.6) is 0 Å². The Kier molecular flexibility index (Phi) is 14.4. The fourth-order valence-electron chi connectivity index (χ4n) is 5.02. The van der Waals surface area contributed by atoms with Crippen molar-refractivity contribution in [3.8, 4) is 0 Å². The second-order valence-corrected chi connectivity index (χ2v) is 13.9. The number of azo groups is 2. The lowest BCUT2D eigenvalue weighted by Crippen LogP contribution is -2.21. The van der Waals surface area contributed by atoms with E-state index in [9.17, 15) is 0 Å². The van der Waals surface area contributed by atoms with Crippen molar-refractivity contribution in [2.75, 3.05) is 49.2 Å². The van der Waals surface area contributed by atoms with Crippen LogP contribution in [0.15, 0.2) is 110 Å². The first-order chi connectivity index (χ1) is 24.9. The van der Waals surface area contributed by atoms with Crippen molar-refractivity contribution in [3.63, 3.8) is 0 Å². The van der Waals surface area contributed by atoms with Crippen molar-refractivity contribution in [1.29, 1.82) is 0 Å². The number of aryl methyl sites for hydroxylation is 1. The van der Waals surface area contributed by atoms with E-state index in [-0.39, 0.29) is 13.2 Å². The first-order valence-electron chi connectivity index (χ1n) is 16.8. The molecule has 4 aromatic carbocycles. The molecule has 0 amide bonds. The Balaban J connectivity index is 0.000000201. The summed E-state index contributed by atoms with van der Waals surface area (Å²) in [5, 5.41) is 27.1. The van der Waals surface area contributed by atoms with E-state index in [4.69, 9.17) is 14.3 Å². The molecule has 0 saturated heterocycles.